The van der Waals surface area contributed by atoms with Crippen LogP contribution in [0.5, 0.6) is 0 Å². The first-order valence-corrected chi connectivity index (χ1v) is 23.7. The van der Waals surface area contributed by atoms with Gasteiger partial charge in [-0.15, -0.1) is 0 Å². The normalized spacial score (nSPS) is 12.1. The van der Waals surface area contributed by atoms with Crippen molar-refractivity contribution in [1.82, 2.24) is 0 Å². The highest BCUT2D eigenvalue weighted by molar-refractivity contribution is 5.71. The molecule has 0 aromatic carbocycles. The zero-order valence-corrected chi connectivity index (χ0v) is 36.8. The predicted octanol–water partition coefficient (Wildman–Crippen LogP) is 15.0. The molecular weight excluding hydrogens is 673 g/mol. The van der Waals surface area contributed by atoms with E-state index < -0.39 is 6.10 Å². The molecule has 0 spiro atoms. The maximum atomic E-state index is 12.7. The highest BCUT2D eigenvalue weighted by Crippen LogP contribution is 2.17. The Morgan fingerprint density at radius 3 is 0.907 bits per heavy atom. The molecule has 6 nitrogen and oxygen atoms in total. The summed E-state index contributed by atoms with van der Waals surface area (Å²) in [5.74, 6) is 0.765. The Hall–Kier alpha value is -1.59. The number of carbonyl (C=O) groups excluding carboxylic acids is 3. The number of carbonyl (C=O) groups is 3. The predicted molar refractivity (Wildman–Crippen MR) is 229 cm³/mol. The van der Waals surface area contributed by atoms with Gasteiger partial charge < -0.3 is 14.2 Å². The molecule has 0 unspecified atom stereocenters. The summed E-state index contributed by atoms with van der Waals surface area (Å²) in [4.78, 5) is 37.7. The van der Waals surface area contributed by atoms with Crippen LogP contribution in [0.1, 0.15) is 259 Å². The maximum absolute atomic E-state index is 12.7. The van der Waals surface area contributed by atoms with Crippen LogP contribution in [0.25, 0.3) is 0 Å². The van der Waals surface area contributed by atoms with Gasteiger partial charge in [0, 0.05) is 19.3 Å². The molecule has 0 aromatic rings. The van der Waals surface area contributed by atoms with Gasteiger partial charge in [-0.2, -0.15) is 0 Å². The molecular formula is C48H92O6. The Morgan fingerprint density at radius 2 is 0.611 bits per heavy atom. The third-order valence-electron chi connectivity index (χ3n) is 10.7. The molecule has 0 saturated carbocycles. The van der Waals surface area contributed by atoms with E-state index in [1.54, 1.807) is 0 Å². The lowest BCUT2D eigenvalue weighted by Gasteiger charge is -2.18. The molecule has 6 heteroatoms. The Morgan fingerprint density at radius 1 is 0.352 bits per heavy atom. The van der Waals surface area contributed by atoms with Crippen molar-refractivity contribution in [3.8, 4) is 0 Å². The molecule has 0 aliphatic rings. The van der Waals surface area contributed by atoms with Crippen molar-refractivity contribution in [3.05, 3.63) is 0 Å². The fourth-order valence-electron chi connectivity index (χ4n) is 7.11. The molecule has 0 aliphatic carbocycles. The summed E-state index contributed by atoms with van der Waals surface area (Å²) in [6.45, 7) is 11.3. The van der Waals surface area contributed by atoms with Gasteiger partial charge in [0.2, 0.25) is 0 Å². The molecule has 0 saturated heterocycles. The molecule has 320 valence electrons. The van der Waals surface area contributed by atoms with Crippen LogP contribution in [-0.2, 0) is 28.6 Å². The smallest absolute Gasteiger partial charge is 0.306 e. The minimum absolute atomic E-state index is 0.0647. The second-order valence-electron chi connectivity index (χ2n) is 17.3. The zero-order valence-electron chi connectivity index (χ0n) is 36.8. The first kappa shape index (κ1) is 52.4. The van der Waals surface area contributed by atoms with Gasteiger partial charge in [0.05, 0.1) is 0 Å². The summed E-state index contributed by atoms with van der Waals surface area (Å²) in [6, 6.07) is 0. The van der Waals surface area contributed by atoms with Crippen molar-refractivity contribution < 1.29 is 28.6 Å². The van der Waals surface area contributed by atoms with Gasteiger partial charge in [-0.25, -0.2) is 0 Å². The first-order valence-electron chi connectivity index (χ1n) is 23.7. The van der Waals surface area contributed by atoms with E-state index in [-0.39, 0.29) is 31.1 Å². The summed E-state index contributed by atoms with van der Waals surface area (Å²) in [6.07, 6.45) is 39.4. The van der Waals surface area contributed by atoms with Gasteiger partial charge in [0.1, 0.15) is 13.2 Å². The summed E-state index contributed by atoms with van der Waals surface area (Å²) in [5, 5.41) is 0. The number of ether oxygens (including phenoxy) is 3. The SMILES string of the molecule is CCCCCCCCCCCCCC(=O)OC[C@H](COC(=O)CCCCCCCCCCC(C)C)OC(=O)CCCCCCCCCCCCCC(C)C. The second-order valence-corrected chi connectivity index (χ2v) is 17.3. The molecule has 0 bridgehead atoms. The lowest BCUT2D eigenvalue weighted by atomic mass is 10.0. The number of esters is 3. The van der Waals surface area contributed by atoms with Crippen molar-refractivity contribution in [2.75, 3.05) is 13.2 Å². The monoisotopic (exact) mass is 765 g/mol. The van der Waals surface area contributed by atoms with Crippen LogP contribution in [0.3, 0.4) is 0 Å². The van der Waals surface area contributed by atoms with Crippen LogP contribution in [0.4, 0.5) is 0 Å². The Kier molecular flexibility index (Phi) is 39.8. The van der Waals surface area contributed by atoms with Gasteiger partial charge in [0.25, 0.3) is 0 Å². The standard InChI is InChI=1S/C48H92O6/c1-6-7-8-9-10-11-13-17-23-28-33-38-46(49)52-41-45(42-53-47(50)39-34-29-24-20-19-22-27-32-37-44(4)5)54-48(51)40-35-30-25-18-15-12-14-16-21-26-31-36-43(2)3/h43-45H,6-42H2,1-5H3/t45-/m1/s1. The molecule has 0 amide bonds. The van der Waals surface area contributed by atoms with E-state index in [1.807, 2.05) is 0 Å². The summed E-state index contributed by atoms with van der Waals surface area (Å²) >= 11 is 0. The van der Waals surface area contributed by atoms with Crippen LogP contribution in [0.15, 0.2) is 0 Å². The Balaban J connectivity index is 4.33. The third kappa shape index (κ3) is 41.6. The fourth-order valence-corrected chi connectivity index (χ4v) is 7.11. The van der Waals surface area contributed by atoms with E-state index in [1.165, 1.54) is 148 Å². The van der Waals surface area contributed by atoms with Crippen molar-refractivity contribution in [3.63, 3.8) is 0 Å². The molecule has 0 rings (SSSR count). The molecule has 0 heterocycles. The molecule has 0 radical (unpaired) electrons. The summed E-state index contributed by atoms with van der Waals surface area (Å²) in [7, 11) is 0. The van der Waals surface area contributed by atoms with Gasteiger partial charge in [0.15, 0.2) is 6.10 Å². The summed E-state index contributed by atoms with van der Waals surface area (Å²) in [5.41, 5.74) is 0. The van der Waals surface area contributed by atoms with Crippen LogP contribution in [0, 0.1) is 11.8 Å². The van der Waals surface area contributed by atoms with Crippen LogP contribution >= 0.6 is 0 Å². The van der Waals surface area contributed by atoms with E-state index in [0.717, 1.165) is 69.6 Å². The van der Waals surface area contributed by atoms with Crippen molar-refractivity contribution in [2.45, 2.75) is 265 Å². The van der Waals surface area contributed by atoms with Gasteiger partial charge in [-0.05, 0) is 31.1 Å². The highest BCUT2D eigenvalue weighted by Gasteiger charge is 2.19. The molecule has 1 atom stereocenters. The Labute approximate surface area is 336 Å². The minimum Gasteiger partial charge on any atom is -0.462 e. The fraction of sp³-hybridized carbons (Fsp3) is 0.938. The summed E-state index contributed by atoms with van der Waals surface area (Å²) < 4.78 is 16.7. The zero-order chi connectivity index (χ0) is 39.7. The minimum atomic E-state index is -0.760. The number of hydrogen-bond donors (Lipinski definition) is 0. The molecule has 0 aromatic heterocycles. The van der Waals surface area contributed by atoms with Gasteiger partial charge in [-0.1, -0.05) is 221 Å². The van der Waals surface area contributed by atoms with Gasteiger partial charge in [-0.3, -0.25) is 14.4 Å². The first-order chi connectivity index (χ1) is 26.2. The Bertz CT molecular complexity index is 824. The van der Waals surface area contributed by atoms with Crippen LogP contribution < -0.4 is 0 Å². The number of hydrogen-bond acceptors (Lipinski definition) is 6. The third-order valence-corrected chi connectivity index (χ3v) is 10.7. The largest absolute Gasteiger partial charge is 0.462 e. The lowest BCUT2D eigenvalue weighted by molar-refractivity contribution is -0.167. The highest BCUT2D eigenvalue weighted by atomic mass is 16.6. The second kappa shape index (κ2) is 41.1. The topological polar surface area (TPSA) is 78.9 Å². The number of unbranched alkanes of at least 4 members (excludes halogenated alkanes) is 27. The van der Waals surface area contributed by atoms with E-state index in [0.29, 0.717) is 19.3 Å². The van der Waals surface area contributed by atoms with E-state index >= 15 is 0 Å². The average Bonchev–Trinajstić information content (AvgIpc) is 3.14. The molecule has 0 fully saturated rings. The lowest BCUT2D eigenvalue weighted by Crippen LogP contribution is -2.30. The van der Waals surface area contributed by atoms with E-state index in [9.17, 15) is 14.4 Å². The van der Waals surface area contributed by atoms with Gasteiger partial charge >= 0.3 is 17.9 Å². The average molecular weight is 765 g/mol. The molecule has 0 aliphatic heterocycles. The van der Waals surface area contributed by atoms with E-state index in [4.69, 9.17) is 14.2 Å². The van der Waals surface area contributed by atoms with Crippen molar-refractivity contribution >= 4 is 17.9 Å². The number of rotatable bonds is 42. The maximum Gasteiger partial charge on any atom is 0.306 e. The molecule has 0 N–H and O–H groups in total. The van der Waals surface area contributed by atoms with Crippen LogP contribution in [0.2, 0.25) is 0 Å². The van der Waals surface area contributed by atoms with Crippen molar-refractivity contribution in [1.29, 1.82) is 0 Å². The molecule has 54 heavy (non-hydrogen) atoms. The van der Waals surface area contributed by atoms with Crippen molar-refractivity contribution in [2.24, 2.45) is 11.8 Å². The van der Waals surface area contributed by atoms with Crippen LogP contribution in [-0.4, -0.2) is 37.2 Å². The quantitative estimate of drug-likeness (QED) is 0.0350. The van der Waals surface area contributed by atoms with E-state index in [2.05, 4.69) is 34.6 Å².